The van der Waals surface area contributed by atoms with E-state index in [4.69, 9.17) is 37.4 Å². The lowest BCUT2D eigenvalue weighted by Crippen LogP contribution is -2.16. The highest BCUT2D eigenvalue weighted by atomic mass is 35.5. The van der Waals surface area contributed by atoms with Crippen LogP contribution in [-0.2, 0) is 14.3 Å². The van der Waals surface area contributed by atoms with Gasteiger partial charge in [0.1, 0.15) is 5.75 Å². The number of hydrogen-bond acceptors (Lipinski definition) is 4. The molecule has 0 bridgehead atoms. The van der Waals surface area contributed by atoms with E-state index in [1.807, 2.05) is 0 Å². The molecule has 0 aliphatic heterocycles. The number of rotatable bonds is 10. The third-order valence-electron chi connectivity index (χ3n) is 2.58. The predicted molar refractivity (Wildman–Crippen MR) is 83.3 cm³/mol. The summed E-state index contributed by atoms with van der Waals surface area (Å²) < 4.78 is 15.6. The first-order chi connectivity index (χ1) is 10.1. The lowest BCUT2D eigenvalue weighted by molar-refractivity contribution is -0.146. The van der Waals surface area contributed by atoms with E-state index in [-0.39, 0.29) is 6.61 Å². The van der Waals surface area contributed by atoms with Crippen LogP contribution < -0.4 is 4.74 Å². The Kier molecular flexibility index (Phi) is 9.22. The molecule has 0 aliphatic rings. The quantitative estimate of drug-likeness (QED) is 0.477. The molecule has 118 valence electrons. The molecular weight excluding hydrogens is 315 g/mol. The van der Waals surface area contributed by atoms with E-state index in [1.54, 1.807) is 18.2 Å². The largest absolute Gasteiger partial charge is 0.480 e. The molecule has 0 spiro atoms. The van der Waals surface area contributed by atoms with Crippen molar-refractivity contribution in [3.05, 3.63) is 28.2 Å². The van der Waals surface area contributed by atoms with E-state index < -0.39 is 5.97 Å². The summed E-state index contributed by atoms with van der Waals surface area (Å²) in [5.41, 5.74) is 0. The van der Waals surface area contributed by atoms with Gasteiger partial charge in [-0.2, -0.15) is 0 Å². The van der Waals surface area contributed by atoms with E-state index in [1.165, 1.54) is 0 Å². The summed E-state index contributed by atoms with van der Waals surface area (Å²) in [4.78, 5) is 11.5. The minimum absolute atomic E-state index is 0.198. The van der Waals surface area contributed by atoms with Gasteiger partial charge in [-0.15, -0.1) is 0 Å². The molecule has 0 saturated heterocycles. The van der Waals surface area contributed by atoms with Crippen molar-refractivity contribution in [2.75, 3.05) is 26.4 Å². The number of carbonyl (C=O) groups is 1. The van der Waals surface area contributed by atoms with Crippen LogP contribution in [0.4, 0.5) is 0 Å². The molecule has 0 aromatic heterocycles. The molecule has 0 amide bonds. The molecule has 0 unspecified atom stereocenters. The van der Waals surface area contributed by atoms with E-state index in [0.717, 1.165) is 19.4 Å². The number of carbonyl (C=O) groups excluding carboxylic acids is 1. The highest BCUT2D eigenvalue weighted by molar-refractivity contribution is 6.34. The lowest BCUT2D eigenvalue weighted by atomic mass is 10.3. The Morgan fingerprint density at radius 2 is 1.90 bits per heavy atom. The third kappa shape index (κ3) is 8.15. The van der Waals surface area contributed by atoms with Gasteiger partial charge in [-0.1, -0.05) is 36.5 Å². The number of unbranched alkanes of at least 4 members (excludes halogenated alkanes) is 1. The molecule has 0 heterocycles. The summed E-state index contributed by atoms with van der Waals surface area (Å²) in [5.74, 6) is -0.0800. The molecule has 21 heavy (non-hydrogen) atoms. The topological polar surface area (TPSA) is 44.8 Å². The summed E-state index contributed by atoms with van der Waals surface area (Å²) in [5, 5.41) is 0.892. The van der Waals surface area contributed by atoms with Crippen LogP contribution in [-0.4, -0.2) is 32.4 Å². The maximum atomic E-state index is 11.5. The number of hydrogen-bond donors (Lipinski definition) is 0. The molecule has 0 atom stereocenters. The van der Waals surface area contributed by atoms with Crippen molar-refractivity contribution in [2.24, 2.45) is 0 Å². The zero-order chi connectivity index (χ0) is 15.5. The number of esters is 1. The van der Waals surface area contributed by atoms with Crippen molar-refractivity contribution < 1.29 is 19.0 Å². The Balaban J connectivity index is 2.12. The van der Waals surface area contributed by atoms with Crippen molar-refractivity contribution in [3.8, 4) is 5.75 Å². The molecule has 0 saturated carbocycles. The Morgan fingerprint density at radius 3 is 2.67 bits per heavy atom. The molecule has 1 aromatic rings. The Bertz CT molecular complexity index is 438. The fourth-order valence-electron chi connectivity index (χ4n) is 1.46. The average molecular weight is 335 g/mol. The molecule has 0 N–H and O–H groups in total. The van der Waals surface area contributed by atoms with E-state index in [9.17, 15) is 4.79 Å². The SMILES string of the molecule is CCCCOCCCOC(=O)COc1cc(Cl)ccc1Cl. The van der Waals surface area contributed by atoms with Crippen LogP contribution in [0.2, 0.25) is 10.0 Å². The monoisotopic (exact) mass is 334 g/mol. The smallest absolute Gasteiger partial charge is 0.344 e. The molecule has 6 heteroatoms. The fourth-order valence-corrected chi connectivity index (χ4v) is 1.80. The van der Waals surface area contributed by atoms with Gasteiger partial charge in [-0.25, -0.2) is 4.79 Å². The fraction of sp³-hybridized carbons (Fsp3) is 0.533. The minimum Gasteiger partial charge on any atom is -0.480 e. The highest BCUT2D eigenvalue weighted by Crippen LogP contribution is 2.27. The van der Waals surface area contributed by atoms with Crippen molar-refractivity contribution in [1.82, 2.24) is 0 Å². The van der Waals surface area contributed by atoms with Crippen LogP contribution in [0.1, 0.15) is 26.2 Å². The second kappa shape index (κ2) is 10.7. The van der Waals surface area contributed by atoms with E-state index in [0.29, 0.717) is 35.4 Å². The molecule has 1 rings (SSSR count). The van der Waals surface area contributed by atoms with E-state index in [2.05, 4.69) is 6.92 Å². The summed E-state index contributed by atoms with van der Waals surface area (Å²) in [6, 6.07) is 4.81. The van der Waals surface area contributed by atoms with Crippen LogP contribution in [0, 0.1) is 0 Å². The molecule has 0 aliphatic carbocycles. The van der Waals surface area contributed by atoms with Gasteiger partial charge in [0.15, 0.2) is 6.61 Å². The second-order valence-electron chi connectivity index (χ2n) is 4.40. The third-order valence-corrected chi connectivity index (χ3v) is 3.12. The lowest BCUT2D eigenvalue weighted by Gasteiger charge is -2.09. The number of halogens is 2. The maximum absolute atomic E-state index is 11.5. The zero-order valence-electron chi connectivity index (χ0n) is 12.1. The summed E-state index contributed by atoms with van der Waals surface area (Å²) in [7, 11) is 0. The highest BCUT2D eigenvalue weighted by Gasteiger charge is 2.07. The number of ether oxygens (including phenoxy) is 3. The van der Waals surface area contributed by atoms with Gasteiger partial charge in [0, 0.05) is 30.7 Å². The normalized spacial score (nSPS) is 10.4. The van der Waals surface area contributed by atoms with Gasteiger partial charge in [0.2, 0.25) is 0 Å². The van der Waals surface area contributed by atoms with Gasteiger partial charge < -0.3 is 14.2 Å². The van der Waals surface area contributed by atoms with Crippen LogP contribution in [0.3, 0.4) is 0 Å². The van der Waals surface area contributed by atoms with Crippen LogP contribution in [0.25, 0.3) is 0 Å². The first kappa shape index (κ1) is 18.1. The molecule has 4 nitrogen and oxygen atoms in total. The van der Waals surface area contributed by atoms with Gasteiger partial charge in [0.25, 0.3) is 0 Å². The Labute approximate surface area is 135 Å². The van der Waals surface area contributed by atoms with Crippen molar-refractivity contribution in [1.29, 1.82) is 0 Å². The summed E-state index contributed by atoms with van der Waals surface area (Å²) >= 11 is 11.7. The Hall–Kier alpha value is -0.970. The molecular formula is C15H20Cl2O4. The maximum Gasteiger partial charge on any atom is 0.344 e. The molecule has 0 fully saturated rings. The minimum atomic E-state index is -0.445. The Morgan fingerprint density at radius 1 is 1.14 bits per heavy atom. The summed E-state index contributed by atoms with van der Waals surface area (Å²) in [6.07, 6.45) is 2.83. The van der Waals surface area contributed by atoms with E-state index >= 15 is 0 Å². The number of benzene rings is 1. The molecule has 0 radical (unpaired) electrons. The predicted octanol–water partition coefficient (Wildman–Crippen LogP) is 4.12. The van der Waals surface area contributed by atoms with Gasteiger partial charge in [-0.3, -0.25) is 0 Å². The molecule has 1 aromatic carbocycles. The first-order valence-corrected chi connectivity index (χ1v) is 7.70. The zero-order valence-corrected chi connectivity index (χ0v) is 13.6. The second-order valence-corrected chi connectivity index (χ2v) is 5.25. The van der Waals surface area contributed by atoms with Gasteiger partial charge >= 0.3 is 5.97 Å². The van der Waals surface area contributed by atoms with Gasteiger partial charge in [-0.05, 0) is 18.6 Å². The van der Waals surface area contributed by atoms with Crippen molar-refractivity contribution in [3.63, 3.8) is 0 Å². The van der Waals surface area contributed by atoms with Crippen molar-refractivity contribution >= 4 is 29.2 Å². The standard InChI is InChI=1S/C15H20Cl2O4/c1-2-3-7-19-8-4-9-20-15(18)11-21-14-10-12(16)5-6-13(14)17/h5-6,10H,2-4,7-9,11H2,1H3. The summed E-state index contributed by atoms with van der Waals surface area (Å²) in [6.45, 7) is 3.57. The van der Waals surface area contributed by atoms with Crippen LogP contribution >= 0.6 is 23.2 Å². The van der Waals surface area contributed by atoms with Crippen LogP contribution in [0.5, 0.6) is 5.75 Å². The van der Waals surface area contributed by atoms with Crippen LogP contribution in [0.15, 0.2) is 18.2 Å². The van der Waals surface area contributed by atoms with Crippen molar-refractivity contribution in [2.45, 2.75) is 26.2 Å². The average Bonchev–Trinajstić information content (AvgIpc) is 2.47. The first-order valence-electron chi connectivity index (χ1n) is 6.94. The van der Waals surface area contributed by atoms with Gasteiger partial charge in [0.05, 0.1) is 11.6 Å².